The zero-order valence-corrected chi connectivity index (χ0v) is 27.2. The summed E-state index contributed by atoms with van der Waals surface area (Å²) in [4.78, 5) is 110. The predicted octanol–water partition coefficient (Wildman–Crippen LogP) is -3.05. The van der Waals surface area contributed by atoms with Crippen molar-refractivity contribution in [3.8, 4) is 0 Å². The Morgan fingerprint density at radius 2 is 1.18 bits per heavy atom. The lowest BCUT2D eigenvalue weighted by Gasteiger charge is -2.22. The monoisotopic (exact) mass is 726 g/mol. The Kier molecular flexibility index (Phi) is 17.4. The van der Waals surface area contributed by atoms with Crippen LogP contribution in [0.15, 0.2) is 24.8 Å². The Bertz CT molecular complexity index is 1540. The smallest absolute Gasteiger partial charge is 0.326 e. The summed E-state index contributed by atoms with van der Waals surface area (Å²) in [6, 6.07) is -3.25. The third-order valence-corrected chi connectivity index (χ3v) is 6.97. The van der Waals surface area contributed by atoms with E-state index >= 15 is 0 Å². The number of rotatable bonds is 22. The summed E-state index contributed by atoms with van der Waals surface area (Å²) < 4.78 is 3.37. The van der Waals surface area contributed by atoms with Crippen molar-refractivity contribution in [3.05, 3.63) is 36.4 Å². The van der Waals surface area contributed by atoms with Gasteiger partial charge in [-0.05, 0) is 6.92 Å². The van der Waals surface area contributed by atoms with Crippen molar-refractivity contribution >= 4 is 54.0 Å². The molecule has 0 aliphatic rings. The maximum absolute atomic E-state index is 12.5. The minimum Gasteiger partial charge on any atom is -0.481 e. The van der Waals surface area contributed by atoms with E-state index in [4.69, 9.17) is 25.5 Å². The molecule has 2 heterocycles. The van der Waals surface area contributed by atoms with Gasteiger partial charge in [-0.3, -0.25) is 38.5 Å². The molecule has 9 N–H and O–H groups in total. The standard InChI is InChI=1S/C21H29N7O8.C7H9NO7/c1-3-27-6-4-23-15(27)9-26(11-17(29)22-2)10-16-24-5-7-28(16)12-18(30)25-14(21(35)36)8-13(19(31)32)20(33)34;9-2-8-4(7(14)15)1-3(5(10)11)6(12)13/h4-7,13-14H,3,8-12H2,1-2H3,(H,22,29)(H,25,30)(H,31,32)(H,33,34)(H,35,36);2-4H,1H2,(H,8,9)(H,10,11)(H,12,13)(H,14,15). The third-order valence-electron chi connectivity index (χ3n) is 6.97. The number of amides is 3. The molecule has 0 bridgehead atoms. The molecule has 0 aromatic carbocycles. The minimum absolute atomic E-state index is 0.0268. The van der Waals surface area contributed by atoms with E-state index in [1.807, 2.05) is 23.0 Å². The highest BCUT2D eigenvalue weighted by Crippen LogP contribution is 2.11. The Balaban J connectivity index is 0.000000728. The second kappa shape index (κ2) is 20.9. The van der Waals surface area contributed by atoms with Crippen LogP contribution in [0.25, 0.3) is 0 Å². The summed E-state index contributed by atoms with van der Waals surface area (Å²) >= 11 is 0. The number of carbonyl (C=O) groups excluding carboxylic acids is 3. The number of carboxylic acids is 6. The van der Waals surface area contributed by atoms with Gasteiger partial charge in [0.25, 0.3) is 0 Å². The van der Waals surface area contributed by atoms with Crippen molar-refractivity contribution in [2.24, 2.45) is 11.8 Å². The lowest BCUT2D eigenvalue weighted by Crippen LogP contribution is -2.45. The van der Waals surface area contributed by atoms with Crippen LogP contribution in [0.4, 0.5) is 0 Å². The fourth-order valence-corrected chi connectivity index (χ4v) is 4.29. The topological polar surface area (TPSA) is 350 Å². The second-order valence-corrected chi connectivity index (χ2v) is 10.5. The molecule has 0 radical (unpaired) electrons. The third kappa shape index (κ3) is 14.3. The summed E-state index contributed by atoms with van der Waals surface area (Å²) in [6.07, 6.45) is 4.93. The molecule has 23 nitrogen and oxygen atoms in total. The maximum Gasteiger partial charge on any atom is 0.326 e. The van der Waals surface area contributed by atoms with E-state index in [2.05, 4.69) is 20.6 Å². The first-order valence-corrected chi connectivity index (χ1v) is 14.7. The number of likely N-dealkylation sites (N-methyl/N-ethyl adjacent to an activating group) is 1. The lowest BCUT2D eigenvalue weighted by molar-refractivity contribution is -0.158. The van der Waals surface area contributed by atoms with Gasteiger partial charge in [0.15, 0.2) is 11.8 Å². The molecular formula is C28H38N8O15. The van der Waals surface area contributed by atoms with Crippen LogP contribution in [0.5, 0.6) is 0 Å². The molecule has 51 heavy (non-hydrogen) atoms. The summed E-state index contributed by atoms with van der Waals surface area (Å²) in [5.74, 6) is -13.5. The largest absolute Gasteiger partial charge is 0.481 e. The first kappa shape index (κ1) is 42.6. The fraction of sp³-hybridized carbons (Fsp3) is 0.464. The van der Waals surface area contributed by atoms with Crippen LogP contribution in [0.2, 0.25) is 0 Å². The van der Waals surface area contributed by atoms with Gasteiger partial charge in [-0.2, -0.15) is 0 Å². The van der Waals surface area contributed by atoms with Gasteiger partial charge in [-0.1, -0.05) is 0 Å². The zero-order valence-electron chi connectivity index (χ0n) is 27.2. The number of carbonyl (C=O) groups is 9. The lowest BCUT2D eigenvalue weighted by atomic mass is 10.00. The molecule has 0 saturated heterocycles. The van der Waals surface area contributed by atoms with E-state index in [9.17, 15) is 48.3 Å². The summed E-state index contributed by atoms with van der Waals surface area (Å²) in [6.45, 7) is 2.79. The maximum atomic E-state index is 12.5. The van der Waals surface area contributed by atoms with Crippen molar-refractivity contribution in [1.82, 2.24) is 40.0 Å². The molecule has 2 aromatic rings. The predicted molar refractivity (Wildman–Crippen MR) is 165 cm³/mol. The molecule has 2 atom stereocenters. The van der Waals surface area contributed by atoms with E-state index in [1.54, 1.807) is 11.1 Å². The normalized spacial score (nSPS) is 11.9. The molecule has 0 aliphatic carbocycles. The van der Waals surface area contributed by atoms with Crippen LogP contribution in [0.3, 0.4) is 0 Å². The van der Waals surface area contributed by atoms with Crippen LogP contribution >= 0.6 is 0 Å². The molecule has 2 unspecified atom stereocenters. The van der Waals surface area contributed by atoms with Crippen molar-refractivity contribution < 1.29 is 73.8 Å². The SMILES string of the molecule is CCn1ccnc1CN(CC(=O)NC)Cc1nccn1CC(=O)NC(CC(C(=O)O)C(=O)O)C(=O)O.O=CNC(CC(C(=O)O)C(=O)O)C(=O)O. The van der Waals surface area contributed by atoms with Crippen LogP contribution in [0, 0.1) is 11.8 Å². The average molecular weight is 727 g/mol. The summed E-state index contributed by atoms with van der Waals surface area (Å²) in [5, 5.41) is 59.3. The Morgan fingerprint density at radius 3 is 1.59 bits per heavy atom. The van der Waals surface area contributed by atoms with Crippen molar-refractivity contribution in [2.75, 3.05) is 13.6 Å². The molecule has 0 fully saturated rings. The van der Waals surface area contributed by atoms with Crippen molar-refractivity contribution in [1.29, 1.82) is 0 Å². The number of nitrogens with one attached hydrogen (secondary N) is 3. The molecule has 3 amide bonds. The molecular weight excluding hydrogens is 688 g/mol. The van der Waals surface area contributed by atoms with Gasteiger partial charge in [0.2, 0.25) is 18.2 Å². The number of aromatic nitrogens is 4. The number of hydrogen-bond donors (Lipinski definition) is 9. The molecule has 23 heteroatoms. The van der Waals surface area contributed by atoms with Gasteiger partial charge in [-0.25, -0.2) is 19.6 Å². The average Bonchev–Trinajstić information content (AvgIpc) is 3.68. The quantitative estimate of drug-likeness (QED) is 0.0430. The van der Waals surface area contributed by atoms with Gasteiger partial charge in [0, 0.05) is 51.2 Å². The van der Waals surface area contributed by atoms with E-state index in [0.717, 1.165) is 5.82 Å². The number of carboxylic acid groups (broad SMARTS) is 6. The molecule has 2 aromatic heterocycles. The van der Waals surface area contributed by atoms with E-state index in [0.29, 0.717) is 18.9 Å². The Morgan fingerprint density at radius 1 is 0.725 bits per heavy atom. The van der Waals surface area contributed by atoms with Crippen LogP contribution in [-0.4, -0.2) is 134 Å². The number of hydrogen-bond acceptors (Lipinski definition) is 12. The summed E-state index contributed by atoms with van der Waals surface area (Å²) in [7, 11) is 1.51. The van der Waals surface area contributed by atoms with Gasteiger partial charge in [-0.15, -0.1) is 0 Å². The van der Waals surface area contributed by atoms with Gasteiger partial charge in [0.05, 0.1) is 19.6 Å². The first-order valence-electron chi connectivity index (χ1n) is 14.7. The summed E-state index contributed by atoms with van der Waals surface area (Å²) in [5.41, 5.74) is 0. The molecule has 0 spiro atoms. The minimum atomic E-state index is -2.00. The van der Waals surface area contributed by atoms with Gasteiger partial charge >= 0.3 is 35.8 Å². The Hall–Kier alpha value is -6.39. The van der Waals surface area contributed by atoms with Crippen molar-refractivity contribution in [3.63, 3.8) is 0 Å². The number of imidazole rings is 2. The van der Waals surface area contributed by atoms with E-state index in [-0.39, 0.29) is 32.0 Å². The highest BCUT2D eigenvalue weighted by Gasteiger charge is 2.34. The molecule has 0 saturated carbocycles. The zero-order chi connectivity index (χ0) is 38.8. The fourth-order valence-electron chi connectivity index (χ4n) is 4.29. The van der Waals surface area contributed by atoms with Gasteiger partial charge < -0.3 is 55.7 Å². The number of nitrogens with zero attached hydrogens (tertiary/aromatic N) is 5. The molecule has 280 valence electrons. The first-order chi connectivity index (χ1) is 23.9. The number of aliphatic carboxylic acids is 6. The highest BCUT2D eigenvalue weighted by atomic mass is 16.4. The van der Waals surface area contributed by atoms with E-state index in [1.165, 1.54) is 24.0 Å². The van der Waals surface area contributed by atoms with Gasteiger partial charge in [0.1, 0.15) is 30.3 Å². The number of aryl methyl sites for hydroxylation is 1. The second-order valence-electron chi connectivity index (χ2n) is 10.5. The molecule has 2 rings (SSSR count). The Labute approximate surface area is 287 Å². The van der Waals surface area contributed by atoms with Crippen LogP contribution in [0.1, 0.15) is 31.4 Å². The van der Waals surface area contributed by atoms with Crippen LogP contribution in [-0.2, 0) is 69.3 Å². The van der Waals surface area contributed by atoms with Crippen molar-refractivity contribution in [2.45, 2.75) is 58.0 Å². The van der Waals surface area contributed by atoms with Crippen LogP contribution < -0.4 is 16.0 Å². The highest BCUT2D eigenvalue weighted by molar-refractivity contribution is 5.94. The van der Waals surface area contributed by atoms with E-state index < -0.39 is 78.5 Å². The molecule has 0 aliphatic heterocycles.